The molecular weight excluding hydrogens is 510 g/mol. The Bertz CT molecular complexity index is 1250. The lowest BCUT2D eigenvalue weighted by atomic mass is 9.98. The lowest BCUT2D eigenvalue weighted by Gasteiger charge is -2.28. The number of rotatable bonds is 10. The molecule has 0 unspecified atom stereocenters. The Balaban J connectivity index is 1.50. The highest BCUT2D eigenvalue weighted by Crippen LogP contribution is 2.35. The first kappa shape index (κ1) is 25.7. The number of aryl methyl sites for hydroxylation is 1. The van der Waals surface area contributed by atoms with Gasteiger partial charge in [-0.1, -0.05) is 0 Å². The van der Waals surface area contributed by atoms with Crippen molar-refractivity contribution in [2.75, 3.05) is 37.9 Å². The molecule has 1 aliphatic heterocycles. The van der Waals surface area contributed by atoms with Gasteiger partial charge in [-0.05, 0) is 38.0 Å². The molecule has 3 N–H and O–H groups in total. The summed E-state index contributed by atoms with van der Waals surface area (Å²) < 4.78 is 40.2. The van der Waals surface area contributed by atoms with Crippen molar-refractivity contribution < 1.29 is 17.9 Å². The molecule has 0 aromatic carbocycles. The molecule has 4 rings (SSSR count). The maximum absolute atomic E-state index is 11.6. The average molecular weight is 538 g/mol. The van der Waals surface area contributed by atoms with Gasteiger partial charge in [0.2, 0.25) is 5.13 Å². The van der Waals surface area contributed by atoms with Crippen LogP contribution in [0.5, 0.6) is 11.5 Å². The van der Waals surface area contributed by atoms with Crippen LogP contribution in [0.2, 0.25) is 0 Å². The smallest absolute Gasteiger partial charge is 0.276 e. The number of anilines is 2. The lowest BCUT2D eigenvalue weighted by molar-refractivity contribution is 0.218. The second kappa shape index (κ2) is 11.6. The van der Waals surface area contributed by atoms with E-state index in [4.69, 9.17) is 14.6 Å². The van der Waals surface area contributed by atoms with Gasteiger partial charge in [0.1, 0.15) is 11.6 Å². The molecule has 4 heterocycles. The van der Waals surface area contributed by atoms with E-state index < -0.39 is 10.2 Å². The summed E-state index contributed by atoms with van der Waals surface area (Å²) in [6.45, 7) is 3.23. The third kappa shape index (κ3) is 6.86. The predicted octanol–water partition coefficient (Wildman–Crippen LogP) is 3.29. The van der Waals surface area contributed by atoms with E-state index in [1.165, 1.54) is 15.8 Å². The molecule has 1 saturated heterocycles. The summed E-state index contributed by atoms with van der Waals surface area (Å²) in [5.41, 5.74) is 0.764. The molecule has 0 atom stereocenters. The molecule has 14 heteroatoms. The Morgan fingerprint density at radius 2 is 2.09 bits per heavy atom. The monoisotopic (exact) mass is 537 g/mol. The Kier molecular flexibility index (Phi) is 8.51. The molecule has 1 aliphatic rings. The van der Waals surface area contributed by atoms with Crippen molar-refractivity contribution >= 4 is 44.5 Å². The van der Waals surface area contributed by atoms with E-state index in [9.17, 15) is 8.42 Å². The van der Waals surface area contributed by atoms with Crippen LogP contribution in [0.3, 0.4) is 0 Å². The average Bonchev–Trinajstić information content (AvgIpc) is 3.30. The minimum absolute atomic E-state index is 0.0704. The Hall–Kier alpha value is -2.36. The lowest BCUT2D eigenvalue weighted by Crippen LogP contribution is -2.41. The Morgan fingerprint density at radius 1 is 1.29 bits per heavy atom. The predicted molar refractivity (Wildman–Crippen MR) is 136 cm³/mol. The number of methoxy groups -OCH3 is 1. The number of hydrogen-bond donors (Lipinski definition) is 2. The van der Waals surface area contributed by atoms with Crippen LogP contribution in [0, 0.1) is 6.92 Å². The highest BCUT2D eigenvalue weighted by molar-refractivity contribution is 7.99. The van der Waals surface area contributed by atoms with Crippen molar-refractivity contribution in [3.8, 4) is 11.5 Å². The highest BCUT2D eigenvalue weighted by Gasteiger charge is 2.28. The zero-order valence-corrected chi connectivity index (χ0v) is 21.8. The van der Waals surface area contributed by atoms with Gasteiger partial charge in [-0.2, -0.15) is 17.1 Å². The van der Waals surface area contributed by atoms with Crippen LogP contribution in [0.1, 0.15) is 30.3 Å². The van der Waals surface area contributed by atoms with Gasteiger partial charge in [-0.25, -0.2) is 15.1 Å². The number of nitrogens with two attached hydrogens (primary N) is 1. The van der Waals surface area contributed by atoms with Gasteiger partial charge in [0, 0.05) is 60.7 Å². The van der Waals surface area contributed by atoms with Crippen LogP contribution in [-0.4, -0.2) is 64.6 Å². The second-order valence-electron chi connectivity index (χ2n) is 7.85. The first-order valence-electron chi connectivity index (χ1n) is 10.9. The number of aromatic nitrogens is 4. The maximum Gasteiger partial charge on any atom is 0.276 e. The van der Waals surface area contributed by atoms with Gasteiger partial charge in [-0.15, -0.1) is 11.8 Å². The van der Waals surface area contributed by atoms with E-state index in [2.05, 4.69) is 24.6 Å². The van der Waals surface area contributed by atoms with Gasteiger partial charge >= 0.3 is 0 Å². The Labute approximate surface area is 212 Å². The summed E-state index contributed by atoms with van der Waals surface area (Å²) >= 11 is 2.85. The van der Waals surface area contributed by atoms with Crippen molar-refractivity contribution in [2.24, 2.45) is 5.14 Å². The van der Waals surface area contributed by atoms with Crippen LogP contribution in [0.15, 0.2) is 35.5 Å². The van der Waals surface area contributed by atoms with E-state index in [-0.39, 0.29) is 5.92 Å². The summed E-state index contributed by atoms with van der Waals surface area (Å²) in [6, 6.07) is 5.60. The molecule has 1 fully saturated rings. The van der Waals surface area contributed by atoms with Crippen molar-refractivity contribution in [3.05, 3.63) is 42.1 Å². The van der Waals surface area contributed by atoms with Crippen LogP contribution >= 0.6 is 23.3 Å². The van der Waals surface area contributed by atoms with Crippen LogP contribution in [-0.2, 0) is 14.9 Å². The molecule has 188 valence electrons. The fraction of sp³-hybridized carbons (Fsp3) is 0.429. The largest absolute Gasteiger partial charge is 0.452 e. The summed E-state index contributed by atoms with van der Waals surface area (Å²) in [6.07, 6.45) is 4.73. The van der Waals surface area contributed by atoms with Gasteiger partial charge in [0.25, 0.3) is 10.2 Å². The number of hydrogen-bond acceptors (Lipinski definition) is 11. The molecule has 0 bridgehead atoms. The standard InChI is InChI=1S/C21H27N7O4S3/c1-14-17(4-3-7-23-14)32-18-12-16(33-11-10-31-2)13-24-20(18)26-21-25-19(27-34-21)15-5-8-28(9-6-15)35(22,29)30/h3-4,7,12-13,15H,5-6,8-11H2,1-2H3,(H2,22,29,30)(H,24,25,26,27). The van der Waals surface area contributed by atoms with Crippen molar-refractivity contribution in [1.82, 2.24) is 23.6 Å². The first-order valence-corrected chi connectivity index (χ1v) is 14.2. The summed E-state index contributed by atoms with van der Waals surface area (Å²) in [5, 5.41) is 9.04. The van der Waals surface area contributed by atoms with Gasteiger partial charge in [0.15, 0.2) is 11.6 Å². The number of pyridine rings is 2. The van der Waals surface area contributed by atoms with Crippen LogP contribution < -0.4 is 15.2 Å². The first-order chi connectivity index (χ1) is 16.8. The number of nitrogens with one attached hydrogen (secondary N) is 1. The molecule has 0 amide bonds. The van der Waals surface area contributed by atoms with Gasteiger partial charge in [-0.3, -0.25) is 4.98 Å². The van der Waals surface area contributed by atoms with Crippen molar-refractivity contribution in [2.45, 2.75) is 30.6 Å². The van der Waals surface area contributed by atoms with E-state index >= 15 is 0 Å². The fourth-order valence-corrected chi connectivity index (χ4v) is 5.71. The minimum Gasteiger partial charge on any atom is -0.452 e. The molecule has 0 aliphatic carbocycles. The molecule has 3 aromatic rings. The molecule has 35 heavy (non-hydrogen) atoms. The van der Waals surface area contributed by atoms with E-state index in [1.807, 2.05) is 25.1 Å². The van der Waals surface area contributed by atoms with E-state index in [0.29, 0.717) is 60.8 Å². The SMILES string of the molecule is COCCSc1cnc(Nc2nc(C3CCN(S(N)(=O)=O)CC3)ns2)c(Oc2cccnc2C)c1. The van der Waals surface area contributed by atoms with Gasteiger partial charge < -0.3 is 14.8 Å². The van der Waals surface area contributed by atoms with Gasteiger partial charge in [0.05, 0.1) is 12.3 Å². The zero-order chi connectivity index (χ0) is 24.8. The van der Waals surface area contributed by atoms with E-state index in [0.717, 1.165) is 16.3 Å². The molecule has 0 saturated carbocycles. The summed E-state index contributed by atoms with van der Waals surface area (Å²) in [5.74, 6) is 3.24. The summed E-state index contributed by atoms with van der Waals surface area (Å²) in [7, 11) is -1.99. The van der Waals surface area contributed by atoms with Crippen molar-refractivity contribution in [1.29, 1.82) is 0 Å². The topological polar surface area (TPSA) is 145 Å². The minimum atomic E-state index is -3.66. The fourth-order valence-electron chi connectivity index (χ4n) is 3.54. The van der Waals surface area contributed by atoms with Crippen molar-refractivity contribution in [3.63, 3.8) is 0 Å². The molecule has 0 radical (unpaired) electrons. The molecule has 0 spiro atoms. The number of ether oxygens (including phenoxy) is 2. The normalized spacial score (nSPS) is 15.3. The number of piperidine rings is 1. The third-order valence-electron chi connectivity index (χ3n) is 5.41. The number of nitrogens with zero attached hydrogens (tertiary/aromatic N) is 5. The third-order valence-corrected chi connectivity index (χ3v) is 8.07. The Morgan fingerprint density at radius 3 is 2.80 bits per heavy atom. The highest BCUT2D eigenvalue weighted by atomic mass is 32.2. The van der Waals surface area contributed by atoms with Crippen LogP contribution in [0.25, 0.3) is 0 Å². The summed E-state index contributed by atoms with van der Waals surface area (Å²) in [4.78, 5) is 14.4. The number of thioether (sulfide) groups is 1. The zero-order valence-electron chi connectivity index (χ0n) is 19.4. The maximum atomic E-state index is 11.6. The molecular formula is C21H27N7O4S3. The van der Waals surface area contributed by atoms with E-state index in [1.54, 1.807) is 31.3 Å². The second-order valence-corrected chi connectivity index (χ2v) is 11.3. The van der Waals surface area contributed by atoms with Crippen LogP contribution in [0.4, 0.5) is 10.9 Å². The quantitative estimate of drug-likeness (QED) is 0.292. The molecule has 11 nitrogen and oxygen atoms in total. The molecule has 3 aromatic heterocycles.